The van der Waals surface area contributed by atoms with Crippen LogP contribution in [0.25, 0.3) is 6.08 Å². The fraction of sp³-hybridized carbons (Fsp3) is 0.179. The Balaban J connectivity index is 1.56. The molecule has 3 aromatic carbocycles. The van der Waals surface area contributed by atoms with Crippen molar-refractivity contribution >= 4 is 29.3 Å². The average molecular weight is 470 g/mol. The van der Waals surface area contributed by atoms with Crippen molar-refractivity contribution < 1.29 is 19.1 Å². The molecule has 0 atom stereocenters. The smallest absolute Gasteiger partial charge is 0.266 e. The Morgan fingerprint density at radius 3 is 2.23 bits per heavy atom. The van der Waals surface area contributed by atoms with Crippen molar-refractivity contribution in [2.45, 2.75) is 20.8 Å². The van der Waals surface area contributed by atoms with Crippen LogP contribution < -0.4 is 20.1 Å². The lowest BCUT2D eigenvalue weighted by molar-refractivity contribution is -0.118. The number of hydrogen-bond donors (Lipinski definition) is 2. The number of ether oxygens (including phenoxy) is 2. The van der Waals surface area contributed by atoms with Crippen LogP contribution in [0.1, 0.15) is 23.6 Å². The van der Waals surface area contributed by atoms with Gasteiger partial charge >= 0.3 is 0 Å². The zero-order valence-electron chi connectivity index (χ0n) is 19.9. The molecule has 0 heterocycles. The normalized spacial score (nSPS) is 10.7. The highest BCUT2D eigenvalue weighted by Gasteiger charge is 2.10. The number of rotatable bonds is 9. The number of carbonyl (C=O) groups is 2. The molecule has 0 saturated carbocycles. The predicted octanol–water partition coefficient (Wildman–Crippen LogP) is 5.27. The molecular weight excluding hydrogens is 442 g/mol. The predicted molar refractivity (Wildman–Crippen MR) is 136 cm³/mol. The van der Waals surface area contributed by atoms with Crippen LogP contribution in [0, 0.1) is 25.2 Å². The van der Waals surface area contributed by atoms with E-state index in [0.29, 0.717) is 29.4 Å². The first-order valence-electron chi connectivity index (χ1n) is 11.1. The summed E-state index contributed by atoms with van der Waals surface area (Å²) in [7, 11) is 0. The molecule has 0 aliphatic heterocycles. The molecule has 0 aromatic heterocycles. The van der Waals surface area contributed by atoms with Crippen molar-refractivity contribution in [2.24, 2.45) is 0 Å². The Bertz CT molecular complexity index is 1260. The largest absolute Gasteiger partial charge is 0.494 e. The summed E-state index contributed by atoms with van der Waals surface area (Å²) in [6, 6.07) is 21.5. The number of carbonyl (C=O) groups excluding carboxylic acids is 2. The number of amides is 2. The van der Waals surface area contributed by atoms with Crippen molar-refractivity contribution in [1.82, 2.24) is 0 Å². The van der Waals surface area contributed by atoms with Crippen LogP contribution >= 0.6 is 0 Å². The van der Waals surface area contributed by atoms with Gasteiger partial charge in [0.1, 0.15) is 23.1 Å². The maximum absolute atomic E-state index is 12.5. The lowest BCUT2D eigenvalue weighted by atomic mass is 10.1. The summed E-state index contributed by atoms with van der Waals surface area (Å²) in [5, 5.41) is 15.0. The monoisotopic (exact) mass is 469 g/mol. The van der Waals surface area contributed by atoms with Gasteiger partial charge in [-0.15, -0.1) is 0 Å². The molecule has 0 unspecified atom stereocenters. The number of nitrogens with one attached hydrogen (secondary N) is 2. The quantitative estimate of drug-likeness (QED) is 0.329. The number of anilines is 2. The number of nitriles is 1. The minimum Gasteiger partial charge on any atom is -0.494 e. The number of aryl methyl sites for hydroxylation is 2. The maximum atomic E-state index is 12.5. The number of benzene rings is 3. The molecule has 0 fully saturated rings. The summed E-state index contributed by atoms with van der Waals surface area (Å²) in [6.07, 6.45) is 1.49. The first-order chi connectivity index (χ1) is 16.9. The molecular formula is C28H27N3O4. The third-order valence-electron chi connectivity index (χ3n) is 5.02. The van der Waals surface area contributed by atoms with Crippen LogP contribution in [-0.2, 0) is 9.59 Å². The van der Waals surface area contributed by atoms with Gasteiger partial charge in [-0.1, -0.05) is 24.3 Å². The van der Waals surface area contributed by atoms with E-state index in [4.69, 9.17) is 9.47 Å². The van der Waals surface area contributed by atoms with Gasteiger partial charge in [0.2, 0.25) is 0 Å². The van der Waals surface area contributed by atoms with Crippen molar-refractivity contribution in [3.63, 3.8) is 0 Å². The van der Waals surface area contributed by atoms with Crippen molar-refractivity contribution in [1.29, 1.82) is 5.26 Å². The molecule has 178 valence electrons. The first kappa shape index (κ1) is 25.1. The lowest BCUT2D eigenvalue weighted by Crippen LogP contribution is -2.20. The molecule has 2 N–H and O–H groups in total. The molecule has 0 aliphatic carbocycles. The van der Waals surface area contributed by atoms with Gasteiger partial charge in [-0.2, -0.15) is 5.26 Å². The molecule has 35 heavy (non-hydrogen) atoms. The minimum atomic E-state index is -0.514. The van der Waals surface area contributed by atoms with E-state index in [1.807, 2.05) is 45.0 Å². The van der Waals surface area contributed by atoms with Crippen LogP contribution in [0.3, 0.4) is 0 Å². The second-order valence-electron chi connectivity index (χ2n) is 7.81. The standard InChI is InChI=1S/C28H27N3O4/c1-4-34-24-13-9-23(10-14-24)30-28(33)22(17-29)16-21-7-11-25(12-8-21)35-18-27(32)31-26-15-19(2)5-6-20(26)3/h5-16H,4,18H2,1-3H3,(H,30,33)(H,31,32)/b22-16+. The van der Waals surface area contributed by atoms with Crippen LogP contribution in [-0.4, -0.2) is 25.0 Å². The van der Waals surface area contributed by atoms with E-state index >= 15 is 0 Å². The van der Waals surface area contributed by atoms with Gasteiger partial charge in [0, 0.05) is 11.4 Å². The van der Waals surface area contributed by atoms with Crippen molar-refractivity contribution in [2.75, 3.05) is 23.8 Å². The molecule has 7 heteroatoms. The highest BCUT2D eigenvalue weighted by Crippen LogP contribution is 2.19. The van der Waals surface area contributed by atoms with Gasteiger partial charge in [0.15, 0.2) is 6.61 Å². The van der Waals surface area contributed by atoms with Crippen LogP contribution in [0.5, 0.6) is 11.5 Å². The molecule has 0 aliphatic rings. The Hall–Kier alpha value is -4.57. The highest BCUT2D eigenvalue weighted by atomic mass is 16.5. The number of nitrogens with zero attached hydrogens (tertiary/aromatic N) is 1. The molecule has 2 amide bonds. The minimum absolute atomic E-state index is 0.0412. The van der Waals surface area contributed by atoms with Gasteiger partial charge < -0.3 is 20.1 Å². The third-order valence-corrected chi connectivity index (χ3v) is 5.02. The van der Waals surface area contributed by atoms with E-state index in [2.05, 4.69) is 10.6 Å². The van der Waals surface area contributed by atoms with E-state index in [1.165, 1.54) is 6.08 Å². The summed E-state index contributed by atoms with van der Waals surface area (Å²) in [5.41, 5.74) is 3.95. The summed E-state index contributed by atoms with van der Waals surface area (Å²) in [4.78, 5) is 24.7. The topological polar surface area (TPSA) is 100 Å². The van der Waals surface area contributed by atoms with E-state index in [-0.39, 0.29) is 18.1 Å². The molecule has 0 radical (unpaired) electrons. The van der Waals surface area contributed by atoms with E-state index in [1.54, 1.807) is 48.5 Å². The van der Waals surface area contributed by atoms with E-state index in [9.17, 15) is 14.9 Å². The second-order valence-corrected chi connectivity index (χ2v) is 7.81. The zero-order chi connectivity index (χ0) is 25.2. The molecule has 0 bridgehead atoms. The van der Waals surface area contributed by atoms with Crippen LogP contribution in [0.2, 0.25) is 0 Å². The van der Waals surface area contributed by atoms with Gasteiger partial charge in [-0.05, 0) is 86.0 Å². The van der Waals surface area contributed by atoms with Crippen molar-refractivity contribution in [3.05, 3.63) is 89.0 Å². The average Bonchev–Trinajstić information content (AvgIpc) is 2.85. The van der Waals surface area contributed by atoms with Gasteiger partial charge in [-0.3, -0.25) is 9.59 Å². The van der Waals surface area contributed by atoms with Crippen molar-refractivity contribution in [3.8, 4) is 17.6 Å². The van der Waals surface area contributed by atoms with Gasteiger partial charge in [0.25, 0.3) is 11.8 Å². The molecule has 0 saturated heterocycles. The Morgan fingerprint density at radius 1 is 0.914 bits per heavy atom. The first-order valence-corrected chi connectivity index (χ1v) is 11.1. The summed E-state index contributed by atoms with van der Waals surface area (Å²) in [6.45, 7) is 6.19. The third kappa shape index (κ3) is 7.47. The Labute approximate surface area is 205 Å². The maximum Gasteiger partial charge on any atom is 0.266 e. The molecule has 0 spiro atoms. The highest BCUT2D eigenvalue weighted by molar-refractivity contribution is 6.09. The lowest BCUT2D eigenvalue weighted by Gasteiger charge is -2.10. The fourth-order valence-electron chi connectivity index (χ4n) is 3.18. The van der Waals surface area contributed by atoms with E-state index < -0.39 is 5.91 Å². The van der Waals surface area contributed by atoms with Gasteiger partial charge in [-0.25, -0.2) is 0 Å². The fourth-order valence-corrected chi connectivity index (χ4v) is 3.18. The summed E-state index contributed by atoms with van der Waals surface area (Å²) < 4.78 is 10.9. The SMILES string of the molecule is CCOc1ccc(NC(=O)/C(C#N)=C/c2ccc(OCC(=O)Nc3cc(C)ccc3C)cc2)cc1. The van der Waals surface area contributed by atoms with E-state index in [0.717, 1.165) is 16.8 Å². The Morgan fingerprint density at radius 2 is 1.57 bits per heavy atom. The second kappa shape index (κ2) is 12.1. The Kier molecular flexibility index (Phi) is 8.63. The number of hydrogen-bond acceptors (Lipinski definition) is 5. The zero-order valence-corrected chi connectivity index (χ0v) is 19.9. The van der Waals surface area contributed by atoms with Crippen LogP contribution in [0.15, 0.2) is 72.3 Å². The summed E-state index contributed by atoms with van der Waals surface area (Å²) >= 11 is 0. The molecule has 7 nitrogen and oxygen atoms in total. The molecule has 3 aromatic rings. The van der Waals surface area contributed by atoms with Gasteiger partial charge in [0.05, 0.1) is 6.61 Å². The summed E-state index contributed by atoms with van der Waals surface area (Å²) in [5.74, 6) is 0.419. The molecule has 3 rings (SSSR count). The van der Waals surface area contributed by atoms with Crippen LogP contribution in [0.4, 0.5) is 11.4 Å².